The molecule has 0 amide bonds. The lowest BCUT2D eigenvalue weighted by Crippen LogP contribution is -2.61. The van der Waals surface area contributed by atoms with Gasteiger partial charge in [-0.3, -0.25) is 14.4 Å². The second-order valence-electron chi connectivity index (χ2n) is 9.27. The van der Waals surface area contributed by atoms with Crippen molar-refractivity contribution in [3.05, 3.63) is 35.9 Å². The standard InChI is InChI=1S/C23H35NO6/c1-22(2)14-18(25)15-23(3,4)24(22)30-19(17-10-6-5-7-11-17)16-29-21(28)13-9-8-12-20(26)27/h5-7,10-11,18-19,25H,8-9,12-16H2,1-4H3,(H,26,27). The number of ether oxygens (including phenoxy) is 1. The van der Waals surface area contributed by atoms with Crippen LogP contribution in [0.2, 0.25) is 0 Å². The summed E-state index contributed by atoms with van der Waals surface area (Å²) in [5.41, 5.74) is 0.110. The number of unbranched alkanes of at least 4 members (excludes halogenated alkanes) is 1. The van der Waals surface area contributed by atoms with E-state index >= 15 is 0 Å². The van der Waals surface area contributed by atoms with Crippen molar-refractivity contribution in [2.24, 2.45) is 0 Å². The van der Waals surface area contributed by atoms with Crippen molar-refractivity contribution in [3.8, 4) is 0 Å². The van der Waals surface area contributed by atoms with Gasteiger partial charge in [0, 0.05) is 23.9 Å². The van der Waals surface area contributed by atoms with E-state index in [2.05, 4.69) is 0 Å². The lowest BCUT2D eigenvalue weighted by atomic mass is 9.80. The van der Waals surface area contributed by atoms with E-state index in [1.54, 1.807) is 0 Å². The number of carbonyl (C=O) groups is 2. The number of piperidine rings is 1. The molecule has 2 N–H and O–H groups in total. The number of carbonyl (C=O) groups excluding carboxylic acids is 1. The number of benzene rings is 1. The van der Waals surface area contributed by atoms with Gasteiger partial charge in [0.2, 0.25) is 0 Å². The zero-order valence-electron chi connectivity index (χ0n) is 18.5. The number of aliphatic carboxylic acids is 1. The summed E-state index contributed by atoms with van der Waals surface area (Å²) >= 11 is 0. The normalized spacial score (nSPS) is 19.9. The molecular formula is C23H35NO6. The van der Waals surface area contributed by atoms with Crippen LogP contribution in [-0.2, 0) is 19.2 Å². The molecular weight excluding hydrogens is 386 g/mol. The van der Waals surface area contributed by atoms with E-state index < -0.39 is 29.3 Å². The molecule has 1 aliphatic heterocycles. The van der Waals surface area contributed by atoms with Crippen molar-refractivity contribution in [3.63, 3.8) is 0 Å². The average molecular weight is 422 g/mol. The molecule has 1 aliphatic rings. The molecule has 2 rings (SSSR count). The van der Waals surface area contributed by atoms with E-state index in [0.717, 1.165) is 5.56 Å². The van der Waals surface area contributed by atoms with Crippen molar-refractivity contribution in [2.75, 3.05) is 6.61 Å². The second kappa shape index (κ2) is 10.4. The number of carboxylic acids is 1. The summed E-state index contributed by atoms with van der Waals surface area (Å²) in [7, 11) is 0. The van der Waals surface area contributed by atoms with Crippen LogP contribution in [0.15, 0.2) is 30.3 Å². The average Bonchev–Trinajstić information content (AvgIpc) is 2.63. The lowest BCUT2D eigenvalue weighted by Gasteiger charge is -2.53. The number of aliphatic hydroxyl groups is 1. The number of aliphatic hydroxyl groups excluding tert-OH is 1. The van der Waals surface area contributed by atoms with Gasteiger partial charge in [-0.25, -0.2) is 0 Å². The van der Waals surface area contributed by atoms with Crippen LogP contribution in [0.25, 0.3) is 0 Å². The van der Waals surface area contributed by atoms with Crippen LogP contribution >= 0.6 is 0 Å². The number of hydrogen-bond acceptors (Lipinski definition) is 6. The van der Waals surface area contributed by atoms with Gasteiger partial charge in [0.15, 0.2) is 0 Å². The third-order valence-electron chi connectivity index (χ3n) is 5.39. The van der Waals surface area contributed by atoms with Crippen molar-refractivity contribution in [1.82, 2.24) is 5.06 Å². The van der Waals surface area contributed by atoms with E-state index in [4.69, 9.17) is 14.7 Å². The minimum atomic E-state index is -0.863. The molecule has 0 spiro atoms. The number of nitrogens with zero attached hydrogens (tertiary/aromatic N) is 1. The van der Waals surface area contributed by atoms with Crippen LogP contribution in [0.4, 0.5) is 0 Å². The Morgan fingerprint density at radius 2 is 1.63 bits per heavy atom. The largest absolute Gasteiger partial charge is 0.481 e. The Bertz CT molecular complexity index is 685. The first-order chi connectivity index (χ1) is 14.0. The topological polar surface area (TPSA) is 96.3 Å². The minimum Gasteiger partial charge on any atom is -0.481 e. The van der Waals surface area contributed by atoms with E-state index in [1.165, 1.54) is 0 Å². The molecule has 0 aliphatic carbocycles. The molecule has 1 unspecified atom stereocenters. The Labute approximate surface area is 178 Å². The zero-order valence-corrected chi connectivity index (χ0v) is 18.5. The molecule has 0 aromatic heterocycles. The van der Waals surface area contributed by atoms with Crippen molar-refractivity contribution < 1.29 is 29.4 Å². The number of carboxylic acid groups (broad SMARTS) is 1. The molecule has 1 aromatic carbocycles. The summed E-state index contributed by atoms with van der Waals surface area (Å²) in [4.78, 5) is 29.2. The molecule has 168 valence electrons. The monoisotopic (exact) mass is 421 g/mol. The molecule has 1 aromatic rings. The van der Waals surface area contributed by atoms with Gasteiger partial charge in [0.25, 0.3) is 0 Å². The van der Waals surface area contributed by atoms with Crippen LogP contribution in [0.5, 0.6) is 0 Å². The summed E-state index contributed by atoms with van der Waals surface area (Å²) in [5, 5.41) is 20.9. The minimum absolute atomic E-state index is 0.0496. The van der Waals surface area contributed by atoms with Crippen LogP contribution in [0.1, 0.15) is 77.9 Å². The van der Waals surface area contributed by atoms with Gasteiger partial charge in [0.1, 0.15) is 12.7 Å². The van der Waals surface area contributed by atoms with E-state index in [9.17, 15) is 14.7 Å². The highest BCUT2D eigenvalue weighted by Crippen LogP contribution is 2.40. The summed E-state index contributed by atoms with van der Waals surface area (Å²) in [5.74, 6) is -1.23. The summed E-state index contributed by atoms with van der Waals surface area (Å²) in [6.07, 6.45) is 1.45. The van der Waals surface area contributed by atoms with Crippen LogP contribution in [-0.4, -0.2) is 51.0 Å². The highest BCUT2D eigenvalue weighted by atomic mass is 16.7. The second-order valence-corrected chi connectivity index (χ2v) is 9.27. The first-order valence-electron chi connectivity index (χ1n) is 10.6. The molecule has 7 nitrogen and oxygen atoms in total. The first-order valence-corrected chi connectivity index (χ1v) is 10.6. The SMILES string of the molecule is CC1(C)CC(O)CC(C)(C)N1OC(COC(=O)CCCCC(=O)O)c1ccccc1. The number of rotatable bonds is 10. The zero-order chi connectivity index (χ0) is 22.4. The van der Waals surface area contributed by atoms with Crippen LogP contribution < -0.4 is 0 Å². The molecule has 1 atom stereocenters. The molecule has 1 heterocycles. The molecule has 0 bridgehead atoms. The van der Waals surface area contributed by atoms with E-state index in [1.807, 2.05) is 63.1 Å². The van der Waals surface area contributed by atoms with Gasteiger partial charge in [-0.15, -0.1) is 0 Å². The smallest absolute Gasteiger partial charge is 0.305 e. The fourth-order valence-corrected chi connectivity index (χ4v) is 4.26. The third kappa shape index (κ3) is 7.07. The summed E-state index contributed by atoms with van der Waals surface area (Å²) < 4.78 is 5.48. The van der Waals surface area contributed by atoms with E-state index in [-0.39, 0.29) is 25.4 Å². The number of esters is 1. The fourth-order valence-electron chi connectivity index (χ4n) is 4.26. The number of hydroxylamine groups is 2. The van der Waals surface area contributed by atoms with E-state index in [0.29, 0.717) is 25.7 Å². The maximum absolute atomic E-state index is 12.1. The summed E-state index contributed by atoms with van der Waals surface area (Å²) in [6.45, 7) is 8.20. The molecule has 1 fully saturated rings. The predicted octanol–water partition coefficient (Wildman–Crippen LogP) is 3.86. The highest BCUT2D eigenvalue weighted by molar-refractivity contribution is 5.69. The molecule has 0 radical (unpaired) electrons. The van der Waals surface area contributed by atoms with Gasteiger partial charge in [-0.1, -0.05) is 30.3 Å². The molecule has 1 saturated heterocycles. The maximum atomic E-state index is 12.1. The molecule has 0 saturated carbocycles. The summed E-state index contributed by atoms with van der Waals surface area (Å²) in [6, 6.07) is 9.61. The van der Waals surface area contributed by atoms with Gasteiger partial charge < -0.3 is 14.9 Å². The molecule has 7 heteroatoms. The Morgan fingerprint density at radius 3 is 2.20 bits per heavy atom. The van der Waals surface area contributed by atoms with Crippen molar-refractivity contribution in [2.45, 2.75) is 89.5 Å². The van der Waals surface area contributed by atoms with Crippen molar-refractivity contribution in [1.29, 1.82) is 0 Å². The quantitative estimate of drug-likeness (QED) is 0.437. The predicted molar refractivity (Wildman–Crippen MR) is 113 cm³/mol. The third-order valence-corrected chi connectivity index (χ3v) is 5.39. The van der Waals surface area contributed by atoms with Gasteiger partial charge >= 0.3 is 11.9 Å². The fraction of sp³-hybridized carbons (Fsp3) is 0.652. The lowest BCUT2D eigenvalue weighted by molar-refractivity contribution is -0.320. The number of hydrogen-bond donors (Lipinski definition) is 2. The Kier molecular flexibility index (Phi) is 8.41. The maximum Gasteiger partial charge on any atom is 0.305 e. The van der Waals surface area contributed by atoms with Gasteiger partial charge in [0.05, 0.1) is 6.10 Å². The van der Waals surface area contributed by atoms with Crippen molar-refractivity contribution >= 4 is 11.9 Å². The molecule has 30 heavy (non-hydrogen) atoms. The Morgan fingerprint density at radius 1 is 1.07 bits per heavy atom. The van der Waals surface area contributed by atoms with Crippen LogP contribution in [0.3, 0.4) is 0 Å². The Hall–Kier alpha value is -1.96. The first kappa shape index (κ1) is 24.3. The highest BCUT2D eigenvalue weighted by Gasteiger charge is 2.47. The Balaban J connectivity index is 2.05. The van der Waals surface area contributed by atoms with Crippen LogP contribution in [0, 0.1) is 0 Å². The van der Waals surface area contributed by atoms with Gasteiger partial charge in [-0.05, 0) is 58.9 Å². The van der Waals surface area contributed by atoms with Gasteiger partial charge in [-0.2, -0.15) is 5.06 Å².